The first kappa shape index (κ1) is 17.1. The molecule has 0 aliphatic carbocycles. The average Bonchev–Trinajstić information content (AvgIpc) is 2.33. The van der Waals surface area contributed by atoms with Crippen LogP contribution in [0.25, 0.3) is 0 Å². The van der Waals surface area contributed by atoms with E-state index in [1.165, 1.54) is 16.4 Å². The molecule has 0 bridgehead atoms. The van der Waals surface area contributed by atoms with Crippen molar-refractivity contribution < 1.29 is 12.8 Å². The molecule has 20 heavy (non-hydrogen) atoms. The lowest BCUT2D eigenvalue weighted by Crippen LogP contribution is -2.37. The lowest BCUT2D eigenvalue weighted by molar-refractivity contribution is 0.370. The van der Waals surface area contributed by atoms with Crippen LogP contribution in [-0.2, 0) is 10.0 Å². The topological polar surface area (TPSA) is 63.4 Å². The van der Waals surface area contributed by atoms with Gasteiger partial charge in [-0.15, -0.1) is 0 Å². The van der Waals surface area contributed by atoms with Gasteiger partial charge in [-0.2, -0.15) is 4.31 Å². The Labute approximate surface area is 120 Å². The van der Waals surface area contributed by atoms with E-state index in [-0.39, 0.29) is 10.8 Å². The Balaban J connectivity index is 3.28. The number of sulfonamides is 1. The van der Waals surface area contributed by atoms with Gasteiger partial charge in [0.2, 0.25) is 10.0 Å². The fourth-order valence-corrected chi connectivity index (χ4v) is 4.23. The van der Waals surface area contributed by atoms with Gasteiger partial charge in [0.1, 0.15) is 5.82 Å². The summed E-state index contributed by atoms with van der Waals surface area (Å²) >= 11 is 0. The van der Waals surface area contributed by atoms with Gasteiger partial charge in [-0.25, -0.2) is 12.8 Å². The van der Waals surface area contributed by atoms with Crippen molar-refractivity contribution in [2.75, 3.05) is 19.6 Å². The normalized spacial score (nSPS) is 13.8. The first-order chi connectivity index (χ1) is 9.23. The molecule has 1 unspecified atom stereocenters. The van der Waals surface area contributed by atoms with E-state index in [9.17, 15) is 12.8 Å². The van der Waals surface area contributed by atoms with Gasteiger partial charge in [-0.3, -0.25) is 0 Å². The molecule has 0 aromatic heterocycles. The third-order valence-electron chi connectivity index (χ3n) is 3.29. The molecule has 2 N–H and O–H groups in total. The molecule has 1 atom stereocenters. The van der Waals surface area contributed by atoms with Crippen LogP contribution in [0.3, 0.4) is 0 Å². The van der Waals surface area contributed by atoms with Crippen LogP contribution in [0.2, 0.25) is 0 Å². The minimum absolute atomic E-state index is 0.0748. The first-order valence-corrected chi connectivity index (χ1v) is 8.15. The summed E-state index contributed by atoms with van der Waals surface area (Å²) in [6.07, 6.45) is 0. The highest BCUT2D eigenvalue weighted by Crippen LogP contribution is 2.25. The number of nitrogens with two attached hydrogens (primary N) is 1. The van der Waals surface area contributed by atoms with Gasteiger partial charge in [-0.1, -0.05) is 13.8 Å². The van der Waals surface area contributed by atoms with E-state index in [1.807, 2.05) is 6.92 Å². The third-order valence-corrected chi connectivity index (χ3v) is 5.54. The summed E-state index contributed by atoms with van der Waals surface area (Å²) in [4.78, 5) is 0.199. The van der Waals surface area contributed by atoms with Crippen molar-refractivity contribution >= 4 is 10.0 Å². The number of hydrogen-bond donors (Lipinski definition) is 1. The molecule has 0 spiro atoms. The smallest absolute Gasteiger partial charge is 0.243 e. The molecular weight excluding hydrogens is 279 g/mol. The van der Waals surface area contributed by atoms with Gasteiger partial charge >= 0.3 is 0 Å². The van der Waals surface area contributed by atoms with Crippen LogP contribution in [0.15, 0.2) is 17.0 Å². The van der Waals surface area contributed by atoms with Crippen molar-refractivity contribution in [2.45, 2.75) is 32.6 Å². The maximum Gasteiger partial charge on any atom is 0.243 e. The fraction of sp³-hybridized carbons (Fsp3) is 0.571. The fourth-order valence-electron chi connectivity index (χ4n) is 2.25. The Morgan fingerprint density at radius 3 is 2.20 bits per heavy atom. The van der Waals surface area contributed by atoms with Crippen molar-refractivity contribution in [2.24, 2.45) is 11.7 Å². The van der Waals surface area contributed by atoms with Crippen LogP contribution >= 0.6 is 0 Å². The van der Waals surface area contributed by atoms with Crippen molar-refractivity contribution in [3.8, 4) is 0 Å². The maximum atomic E-state index is 13.3. The predicted octanol–water partition coefficient (Wildman–Crippen LogP) is 2.05. The quantitative estimate of drug-likeness (QED) is 0.874. The lowest BCUT2D eigenvalue weighted by atomic mass is 10.1. The highest BCUT2D eigenvalue weighted by Gasteiger charge is 2.27. The summed E-state index contributed by atoms with van der Waals surface area (Å²) in [5, 5.41) is 0. The third kappa shape index (κ3) is 3.56. The van der Waals surface area contributed by atoms with E-state index in [0.717, 1.165) is 0 Å². The van der Waals surface area contributed by atoms with E-state index < -0.39 is 15.8 Å². The second kappa shape index (κ2) is 6.65. The second-order valence-corrected chi connectivity index (χ2v) is 7.04. The number of hydrogen-bond acceptors (Lipinski definition) is 3. The molecule has 1 rings (SSSR count). The Morgan fingerprint density at radius 2 is 1.80 bits per heavy atom. The Kier molecular flexibility index (Phi) is 5.68. The average molecular weight is 302 g/mol. The van der Waals surface area contributed by atoms with Gasteiger partial charge in [0.15, 0.2) is 0 Å². The molecule has 4 nitrogen and oxygen atoms in total. The number of benzene rings is 1. The molecule has 6 heteroatoms. The SMILES string of the molecule is CCN(CC(C)CN)S(=O)(=O)c1c(C)cc(F)cc1C. The Bertz CT molecular complexity index is 550. The number of nitrogens with zero attached hydrogens (tertiary/aromatic N) is 1. The second-order valence-electron chi connectivity index (χ2n) is 5.17. The lowest BCUT2D eigenvalue weighted by Gasteiger charge is -2.25. The van der Waals surface area contributed by atoms with E-state index in [4.69, 9.17) is 5.73 Å². The number of aryl methyl sites for hydroxylation is 2. The van der Waals surface area contributed by atoms with Gasteiger partial charge in [0, 0.05) is 13.1 Å². The van der Waals surface area contributed by atoms with Crippen molar-refractivity contribution in [3.63, 3.8) is 0 Å². The minimum atomic E-state index is -3.62. The summed E-state index contributed by atoms with van der Waals surface area (Å²) < 4.78 is 40.2. The van der Waals surface area contributed by atoms with Crippen LogP contribution < -0.4 is 5.73 Å². The zero-order valence-electron chi connectivity index (χ0n) is 12.5. The Morgan fingerprint density at radius 1 is 1.30 bits per heavy atom. The van der Waals surface area contributed by atoms with Crippen LogP contribution in [0.1, 0.15) is 25.0 Å². The van der Waals surface area contributed by atoms with E-state index in [0.29, 0.717) is 30.8 Å². The molecule has 0 radical (unpaired) electrons. The molecule has 114 valence electrons. The summed E-state index contributed by atoms with van der Waals surface area (Å²) in [5.74, 6) is -0.344. The Hall–Kier alpha value is -0.980. The summed E-state index contributed by atoms with van der Waals surface area (Å²) in [6, 6.07) is 2.50. The zero-order valence-corrected chi connectivity index (χ0v) is 13.3. The van der Waals surface area contributed by atoms with Crippen molar-refractivity contribution in [3.05, 3.63) is 29.1 Å². The van der Waals surface area contributed by atoms with Gasteiger partial charge in [0.25, 0.3) is 0 Å². The van der Waals surface area contributed by atoms with Crippen LogP contribution in [0, 0.1) is 25.6 Å². The standard InChI is InChI=1S/C14H23FN2O2S/c1-5-17(9-10(2)8-16)20(18,19)14-11(3)6-13(15)7-12(14)4/h6-7,10H,5,8-9,16H2,1-4H3. The predicted molar refractivity (Wildman–Crippen MR) is 78.5 cm³/mol. The summed E-state index contributed by atoms with van der Waals surface area (Å²) in [5.41, 5.74) is 6.43. The zero-order chi connectivity index (χ0) is 15.5. The van der Waals surface area contributed by atoms with Gasteiger partial charge in [-0.05, 0) is 49.6 Å². The molecule has 0 saturated carbocycles. The van der Waals surface area contributed by atoms with Gasteiger partial charge < -0.3 is 5.73 Å². The van der Waals surface area contributed by atoms with Crippen LogP contribution in [0.5, 0.6) is 0 Å². The molecule has 0 amide bonds. The van der Waals surface area contributed by atoms with Crippen LogP contribution in [-0.4, -0.2) is 32.4 Å². The molecule has 0 aliphatic heterocycles. The maximum absolute atomic E-state index is 13.3. The molecule has 0 saturated heterocycles. The molecular formula is C14H23FN2O2S. The molecule has 0 aliphatic rings. The van der Waals surface area contributed by atoms with Crippen molar-refractivity contribution in [1.29, 1.82) is 0 Å². The molecule has 1 aromatic rings. The van der Waals surface area contributed by atoms with Crippen LogP contribution in [0.4, 0.5) is 4.39 Å². The van der Waals surface area contributed by atoms with E-state index >= 15 is 0 Å². The first-order valence-electron chi connectivity index (χ1n) is 6.71. The van der Waals surface area contributed by atoms with Crippen molar-refractivity contribution in [1.82, 2.24) is 4.31 Å². The highest BCUT2D eigenvalue weighted by molar-refractivity contribution is 7.89. The summed E-state index contributed by atoms with van der Waals surface area (Å²) in [6.45, 7) is 8.08. The van der Waals surface area contributed by atoms with Gasteiger partial charge in [0.05, 0.1) is 4.90 Å². The number of halogens is 1. The monoisotopic (exact) mass is 302 g/mol. The molecule has 0 heterocycles. The highest BCUT2D eigenvalue weighted by atomic mass is 32.2. The largest absolute Gasteiger partial charge is 0.330 e. The van der Waals surface area contributed by atoms with E-state index in [2.05, 4.69) is 0 Å². The van der Waals surface area contributed by atoms with E-state index in [1.54, 1.807) is 20.8 Å². The molecule has 0 fully saturated rings. The minimum Gasteiger partial charge on any atom is -0.330 e. The summed E-state index contributed by atoms with van der Waals surface area (Å²) in [7, 11) is -3.62. The number of rotatable bonds is 6. The molecule has 1 aromatic carbocycles.